The highest BCUT2D eigenvalue weighted by Gasteiger charge is 2.28. The van der Waals surface area contributed by atoms with Gasteiger partial charge >= 0.3 is 0 Å². The molecule has 24 heavy (non-hydrogen) atoms. The van der Waals surface area contributed by atoms with Crippen LogP contribution in [-0.4, -0.2) is 13.6 Å². The minimum atomic E-state index is -0.850. The third-order valence-electron chi connectivity index (χ3n) is 4.16. The molecule has 0 amide bonds. The molecule has 1 heterocycles. The molecule has 3 heteroatoms. The Labute approximate surface area is 146 Å². The summed E-state index contributed by atoms with van der Waals surface area (Å²) >= 11 is 0. The summed E-state index contributed by atoms with van der Waals surface area (Å²) < 4.78 is 8.78. The first-order chi connectivity index (χ1) is 11.4. The Hall–Kier alpha value is -2.00. The third-order valence-corrected chi connectivity index (χ3v) is 4.76. The van der Waals surface area contributed by atoms with E-state index >= 15 is 0 Å². The fourth-order valence-corrected chi connectivity index (χ4v) is 3.83. The Morgan fingerprint density at radius 1 is 0.917 bits per heavy atom. The number of para-hydroxylation sites is 1. The van der Waals surface area contributed by atoms with E-state index in [-0.39, 0.29) is 5.41 Å². The van der Waals surface area contributed by atoms with Crippen molar-refractivity contribution < 1.29 is 4.43 Å². The van der Waals surface area contributed by atoms with Gasteiger partial charge in [-0.1, -0.05) is 69.3 Å². The van der Waals surface area contributed by atoms with Crippen LogP contribution in [-0.2, 0) is 12.0 Å². The van der Waals surface area contributed by atoms with Crippen LogP contribution in [0.4, 0.5) is 0 Å². The summed E-state index contributed by atoms with van der Waals surface area (Å²) in [6.07, 6.45) is 0. The second kappa shape index (κ2) is 6.48. The molecule has 0 unspecified atom stereocenters. The summed E-state index contributed by atoms with van der Waals surface area (Å²) in [6, 6.07) is 19.3. The lowest BCUT2D eigenvalue weighted by Gasteiger charge is -2.23. The number of rotatable bonds is 4. The summed E-state index contributed by atoms with van der Waals surface area (Å²) in [4.78, 5) is 0. The van der Waals surface area contributed by atoms with Crippen molar-refractivity contribution in [3.8, 4) is 5.88 Å². The predicted molar refractivity (Wildman–Crippen MR) is 104 cm³/mol. The molecule has 0 aliphatic heterocycles. The molecule has 3 rings (SSSR count). The van der Waals surface area contributed by atoms with Gasteiger partial charge in [-0.25, -0.2) is 0 Å². The first-order valence-electron chi connectivity index (χ1n) is 8.51. The molecule has 125 valence electrons. The monoisotopic (exact) mass is 336 g/mol. The molecule has 0 saturated carbocycles. The Balaban J connectivity index is 2.25. The van der Waals surface area contributed by atoms with E-state index in [1.54, 1.807) is 0 Å². The fraction of sp³-hybridized carbons (Fsp3) is 0.333. The molecule has 1 radical (unpaired) electrons. The van der Waals surface area contributed by atoms with Gasteiger partial charge in [-0.2, -0.15) is 0 Å². The zero-order valence-electron chi connectivity index (χ0n) is 15.3. The summed E-state index contributed by atoms with van der Waals surface area (Å²) in [5, 5.41) is 1.30. The Bertz CT molecular complexity index is 828. The number of hydrogen-bond donors (Lipinski definition) is 0. The molecule has 2 nitrogen and oxygen atoms in total. The molecular formula is C21H26NOSi. The van der Waals surface area contributed by atoms with Gasteiger partial charge in [0.2, 0.25) is 0 Å². The van der Waals surface area contributed by atoms with Crippen LogP contribution in [0.3, 0.4) is 0 Å². The molecule has 0 saturated heterocycles. The summed E-state index contributed by atoms with van der Waals surface area (Å²) in [6.45, 7) is 12.0. The van der Waals surface area contributed by atoms with Crippen LogP contribution in [0, 0.1) is 0 Å². The summed E-state index contributed by atoms with van der Waals surface area (Å²) in [5.41, 5.74) is 3.91. The van der Waals surface area contributed by atoms with E-state index in [4.69, 9.17) is 4.43 Å². The second-order valence-corrected chi connectivity index (χ2v) is 9.55. The van der Waals surface area contributed by atoms with Gasteiger partial charge in [0.25, 0.3) is 9.04 Å². The quantitative estimate of drug-likeness (QED) is 0.564. The van der Waals surface area contributed by atoms with Crippen LogP contribution in [0.25, 0.3) is 10.9 Å². The van der Waals surface area contributed by atoms with E-state index in [1.807, 2.05) is 0 Å². The van der Waals surface area contributed by atoms with Gasteiger partial charge in [0.15, 0.2) is 5.88 Å². The molecule has 0 atom stereocenters. The lowest BCUT2D eigenvalue weighted by Crippen LogP contribution is -2.19. The number of hydrogen-bond acceptors (Lipinski definition) is 1. The predicted octanol–water partition coefficient (Wildman–Crippen LogP) is 5.62. The average molecular weight is 337 g/mol. The number of aromatic nitrogens is 1. The van der Waals surface area contributed by atoms with E-state index < -0.39 is 9.04 Å². The van der Waals surface area contributed by atoms with Crippen molar-refractivity contribution in [2.45, 2.75) is 45.8 Å². The minimum Gasteiger partial charge on any atom is -0.531 e. The first kappa shape index (κ1) is 16.8. The molecule has 0 fully saturated rings. The molecule has 3 aromatic rings. The minimum absolute atomic E-state index is 0.0359. The maximum atomic E-state index is 6.43. The highest BCUT2D eigenvalue weighted by molar-refractivity contribution is 6.49. The van der Waals surface area contributed by atoms with Gasteiger partial charge in [-0.3, -0.25) is 0 Å². The van der Waals surface area contributed by atoms with Crippen molar-refractivity contribution in [1.29, 1.82) is 0 Å². The van der Waals surface area contributed by atoms with Crippen LogP contribution in [0.1, 0.15) is 31.9 Å². The fourth-order valence-electron chi connectivity index (χ4n) is 3.23. The highest BCUT2D eigenvalue weighted by atomic mass is 28.3. The van der Waals surface area contributed by atoms with Gasteiger partial charge in [-0.05, 0) is 30.1 Å². The second-order valence-electron chi connectivity index (χ2n) is 7.53. The van der Waals surface area contributed by atoms with Crippen molar-refractivity contribution in [2.24, 2.45) is 0 Å². The standard InChI is InChI=1S/C21H26NOSi/c1-21(2,3)19-17-13-9-10-14-18(17)22(20(19)23-24(4)5)15-16-11-7-6-8-12-16/h6-14H,15H2,1-5H3. The maximum absolute atomic E-state index is 6.43. The van der Waals surface area contributed by atoms with Gasteiger partial charge in [0.05, 0.1) is 12.1 Å². The van der Waals surface area contributed by atoms with Gasteiger partial charge in [0, 0.05) is 10.9 Å². The number of nitrogens with zero attached hydrogens (tertiary/aromatic N) is 1. The van der Waals surface area contributed by atoms with E-state index in [2.05, 4.69) is 93.0 Å². The largest absolute Gasteiger partial charge is 0.531 e. The third kappa shape index (κ3) is 3.27. The molecule has 0 spiro atoms. The maximum Gasteiger partial charge on any atom is 0.276 e. The molecule has 0 aliphatic rings. The van der Waals surface area contributed by atoms with E-state index in [0.717, 1.165) is 12.4 Å². The first-order valence-corrected chi connectivity index (χ1v) is 10.9. The molecule has 0 bridgehead atoms. The van der Waals surface area contributed by atoms with Crippen LogP contribution in [0.5, 0.6) is 5.88 Å². The van der Waals surface area contributed by atoms with Crippen LogP contribution in [0.2, 0.25) is 13.1 Å². The van der Waals surface area contributed by atoms with E-state index in [9.17, 15) is 0 Å². The normalized spacial score (nSPS) is 12.1. The van der Waals surface area contributed by atoms with Gasteiger partial charge < -0.3 is 8.99 Å². The SMILES string of the molecule is C[Si](C)Oc1c(C(C)(C)C)c2ccccc2n1Cc1ccccc1. The molecule has 0 N–H and O–H groups in total. The highest BCUT2D eigenvalue weighted by Crippen LogP contribution is 2.41. The Kier molecular flexibility index (Phi) is 4.55. The lowest BCUT2D eigenvalue weighted by molar-refractivity contribution is 0.484. The van der Waals surface area contributed by atoms with Gasteiger partial charge in [0.1, 0.15) is 0 Å². The van der Waals surface area contributed by atoms with E-state index in [1.165, 1.54) is 22.0 Å². The Morgan fingerprint density at radius 3 is 2.17 bits per heavy atom. The zero-order chi connectivity index (χ0) is 17.3. The van der Waals surface area contributed by atoms with E-state index in [0.29, 0.717) is 0 Å². The smallest absolute Gasteiger partial charge is 0.276 e. The van der Waals surface area contributed by atoms with Crippen LogP contribution in [0.15, 0.2) is 54.6 Å². The molecule has 1 aromatic heterocycles. The van der Waals surface area contributed by atoms with Gasteiger partial charge in [-0.15, -0.1) is 0 Å². The van der Waals surface area contributed by atoms with Crippen LogP contribution >= 0.6 is 0 Å². The lowest BCUT2D eigenvalue weighted by atomic mass is 9.86. The van der Waals surface area contributed by atoms with Crippen molar-refractivity contribution >= 4 is 19.9 Å². The molecule has 2 aromatic carbocycles. The average Bonchev–Trinajstić information content (AvgIpc) is 2.81. The number of benzene rings is 2. The molecular weight excluding hydrogens is 310 g/mol. The van der Waals surface area contributed by atoms with Crippen LogP contribution < -0.4 is 4.43 Å². The van der Waals surface area contributed by atoms with Crippen molar-refractivity contribution in [3.05, 3.63) is 65.7 Å². The van der Waals surface area contributed by atoms with Crippen molar-refractivity contribution in [2.75, 3.05) is 0 Å². The zero-order valence-corrected chi connectivity index (χ0v) is 16.3. The van der Waals surface area contributed by atoms with Crippen molar-refractivity contribution in [3.63, 3.8) is 0 Å². The number of fused-ring (bicyclic) bond motifs is 1. The summed E-state index contributed by atoms with van der Waals surface area (Å²) in [7, 11) is -0.850. The van der Waals surface area contributed by atoms with Crippen molar-refractivity contribution in [1.82, 2.24) is 4.57 Å². The Morgan fingerprint density at radius 2 is 1.54 bits per heavy atom. The molecule has 0 aliphatic carbocycles. The topological polar surface area (TPSA) is 14.2 Å². The summed E-state index contributed by atoms with van der Waals surface area (Å²) in [5.74, 6) is 1.05.